The number of halogens is 2. The van der Waals surface area contributed by atoms with Crippen LogP contribution in [-0.2, 0) is 0 Å². The Kier molecular flexibility index (Phi) is 8.16. The van der Waals surface area contributed by atoms with Crippen molar-refractivity contribution in [2.45, 2.75) is 25.8 Å². The van der Waals surface area contributed by atoms with Crippen LogP contribution < -0.4 is 5.32 Å². The summed E-state index contributed by atoms with van der Waals surface area (Å²) in [5.41, 5.74) is 2.72. The second-order valence-corrected chi connectivity index (χ2v) is 6.75. The molecule has 2 aromatic rings. The Morgan fingerprint density at radius 1 is 1.29 bits per heavy atom. The normalized spacial score (nSPS) is 14.7. The van der Waals surface area contributed by atoms with E-state index in [4.69, 9.17) is 0 Å². The van der Waals surface area contributed by atoms with E-state index in [2.05, 4.69) is 10.3 Å². The topological polar surface area (TPSA) is 45.2 Å². The van der Waals surface area contributed by atoms with E-state index in [1.807, 2.05) is 48.5 Å². The molecule has 7 heteroatoms. The predicted octanol–water partition coefficient (Wildman–Crippen LogP) is 3.79. The number of nitrogens with zero attached hydrogens (tertiary/aromatic N) is 2. The first-order valence-corrected chi connectivity index (χ1v) is 8.54. The minimum atomic E-state index is 0. The molecular formula is C17H23Cl2N3OS. The zero-order valence-electron chi connectivity index (χ0n) is 13.8. The highest BCUT2D eigenvalue weighted by Gasteiger charge is 2.22. The molecule has 2 heterocycles. The molecular weight excluding hydrogens is 365 g/mol. The molecule has 1 fully saturated rings. The van der Waals surface area contributed by atoms with Gasteiger partial charge in [0.1, 0.15) is 0 Å². The summed E-state index contributed by atoms with van der Waals surface area (Å²) in [5, 5.41) is 6.37. The summed E-state index contributed by atoms with van der Waals surface area (Å²) in [4.78, 5) is 19.1. The zero-order chi connectivity index (χ0) is 15.5. The zero-order valence-corrected chi connectivity index (χ0v) is 16.3. The molecule has 24 heavy (non-hydrogen) atoms. The molecule has 1 saturated heterocycles. The van der Waals surface area contributed by atoms with Crippen molar-refractivity contribution in [3.05, 3.63) is 40.2 Å². The predicted molar refractivity (Wildman–Crippen MR) is 105 cm³/mol. The Morgan fingerprint density at radius 2 is 2.00 bits per heavy atom. The van der Waals surface area contributed by atoms with Crippen molar-refractivity contribution in [2.24, 2.45) is 0 Å². The quantitative estimate of drug-likeness (QED) is 0.870. The molecule has 0 radical (unpaired) electrons. The molecule has 0 spiro atoms. The summed E-state index contributed by atoms with van der Waals surface area (Å²) < 4.78 is 0. The van der Waals surface area contributed by atoms with E-state index in [1.165, 1.54) is 0 Å². The number of hydrogen-bond acceptors (Lipinski definition) is 4. The number of carbonyl (C=O) groups is 1. The van der Waals surface area contributed by atoms with Gasteiger partial charge < -0.3 is 10.2 Å². The van der Waals surface area contributed by atoms with E-state index < -0.39 is 0 Å². The second kappa shape index (κ2) is 9.37. The van der Waals surface area contributed by atoms with E-state index in [9.17, 15) is 4.79 Å². The maximum Gasteiger partial charge on any atom is 0.253 e. The number of likely N-dealkylation sites (tertiary alicyclic amines) is 1. The van der Waals surface area contributed by atoms with Crippen LogP contribution in [0, 0.1) is 6.92 Å². The van der Waals surface area contributed by atoms with Crippen molar-refractivity contribution in [3.63, 3.8) is 0 Å². The van der Waals surface area contributed by atoms with Crippen LogP contribution in [0.25, 0.3) is 11.3 Å². The molecule has 132 valence electrons. The van der Waals surface area contributed by atoms with Crippen molar-refractivity contribution in [3.8, 4) is 11.3 Å². The van der Waals surface area contributed by atoms with Crippen LogP contribution in [-0.4, -0.2) is 42.0 Å². The molecule has 1 N–H and O–H groups in total. The van der Waals surface area contributed by atoms with Crippen molar-refractivity contribution in [1.82, 2.24) is 15.2 Å². The molecule has 1 aromatic heterocycles. The van der Waals surface area contributed by atoms with Crippen LogP contribution in [0.3, 0.4) is 0 Å². The van der Waals surface area contributed by atoms with Gasteiger partial charge in [-0.2, -0.15) is 0 Å². The lowest BCUT2D eigenvalue weighted by molar-refractivity contribution is 0.0707. The van der Waals surface area contributed by atoms with Gasteiger partial charge in [0.2, 0.25) is 0 Å². The van der Waals surface area contributed by atoms with Crippen LogP contribution in [0.2, 0.25) is 0 Å². The summed E-state index contributed by atoms with van der Waals surface area (Å²) in [6.45, 7) is 3.64. The SMILES string of the molecule is CNC1CCN(C(=O)c2cccc(-c3csc(C)n3)c2)CC1.Cl.Cl. The van der Waals surface area contributed by atoms with Gasteiger partial charge in [-0.15, -0.1) is 36.2 Å². The molecule has 0 atom stereocenters. The molecule has 0 saturated carbocycles. The number of nitrogens with one attached hydrogen (secondary N) is 1. The van der Waals surface area contributed by atoms with Gasteiger partial charge in [-0.25, -0.2) is 4.98 Å². The van der Waals surface area contributed by atoms with Crippen LogP contribution in [0.5, 0.6) is 0 Å². The Balaban J connectivity index is 0.00000144. The highest BCUT2D eigenvalue weighted by atomic mass is 35.5. The molecule has 4 nitrogen and oxygen atoms in total. The molecule has 1 aromatic carbocycles. The monoisotopic (exact) mass is 387 g/mol. The Labute approximate surface area is 159 Å². The number of thiazole rings is 1. The number of carbonyl (C=O) groups excluding carboxylic acids is 1. The fraction of sp³-hybridized carbons (Fsp3) is 0.412. The summed E-state index contributed by atoms with van der Waals surface area (Å²) in [7, 11) is 1.99. The van der Waals surface area contributed by atoms with Gasteiger partial charge in [-0.05, 0) is 38.9 Å². The van der Waals surface area contributed by atoms with Crippen molar-refractivity contribution in [1.29, 1.82) is 0 Å². The maximum absolute atomic E-state index is 12.7. The summed E-state index contributed by atoms with van der Waals surface area (Å²) in [5.74, 6) is 0.128. The first-order chi connectivity index (χ1) is 10.7. The van der Waals surface area contributed by atoms with E-state index >= 15 is 0 Å². The number of hydrogen-bond donors (Lipinski definition) is 1. The van der Waals surface area contributed by atoms with Crippen LogP contribution in [0.1, 0.15) is 28.2 Å². The molecule has 0 aliphatic carbocycles. The average Bonchev–Trinajstić information content (AvgIpc) is 3.01. The van der Waals surface area contributed by atoms with Gasteiger partial charge in [-0.1, -0.05) is 12.1 Å². The van der Waals surface area contributed by atoms with E-state index in [-0.39, 0.29) is 30.7 Å². The van der Waals surface area contributed by atoms with Gasteiger partial charge in [0, 0.05) is 35.6 Å². The van der Waals surface area contributed by atoms with Gasteiger partial charge >= 0.3 is 0 Å². The van der Waals surface area contributed by atoms with Crippen LogP contribution >= 0.6 is 36.2 Å². The largest absolute Gasteiger partial charge is 0.339 e. The van der Waals surface area contributed by atoms with Crippen LogP contribution in [0.15, 0.2) is 29.6 Å². The fourth-order valence-electron chi connectivity index (χ4n) is 2.86. The van der Waals surface area contributed by atoms with Crippen molar-refractivity contribution in [2.75, 3.05) is 20.1 Å². The van der Waals surface area contributed by atoms with E-state index in [1.54, 1.807) is 11.3 Å². The minimum absolute atomic E-state index is 0. The van der Waals surface area contributed by atoms with Crippen molar-refractivity contribution >= 4 is 42.1 Å². The average molecular weight is 388 g/mol. The molecule has 1 aliphatic heterocycles. The highest BCUT2D eigenvalue weighted by Crippen LogP contribution is 2.23. The Hall–Kier alpha value is -1.14. The smallest absolute Gasteiger partial charge is 0.253 e. The molecule has 0 bridgehead atoms. The van der Waals surface area contributed by atoms with Crippen molar-refractivity contribution < 1.29 is 4.79 Å². The van der Waals surface area contributed by atoms with Gasteiger partial charge in [-0.3, -0.25) is 4.79 Å². The lowest BCUT2D eigenvalue weighted by Gasteiger charge is -2.31. The van der Waals surface area contributed by atoms with Gasteiger partial charge in [0.15, 0.2) is 0 Å². The summed E-state index contributed by atoms with van der Waals surface area (Å²) in [6, 6.07) is 8.35. The first kappa shape index (κ1) is 20.9. The Morgan fingerprint density at radius 3 is 2.58 bits per heavy atom. The summed E-state index contributed by atoms with van der Waals surface area (Å²) in [6.07, 6.45) is 2.04. The summed E-state index contributed by atoms with van der Waals surface area (Å²) >= 11 is 1.63. The standard InChI is InChI=1S/C17H21N3OS.2ClH/c1-12-19-16(11-22-12)13-4-3-5-14(10-13)17(21)20-8-6-15(18-2)7-9-20;;/h3-5,10-11,15,18H,6-9H2,1-2H3;2*1H. The number of piperidine rings is 1. The molecule has 0 unspecified atom stereocenters. The fourth-order valence-corrected chi connectivity index (χ4v) is 3.48. The molecule has 3 rings (SSSR count). The number of aryl methyl sites for hydroxylation is 1. The lowest BCUT2D eigenvalue weighted by atomic mass is 10.0. The molecule has 1 aliphatic rings. The van der Waals surface area contributed by atoms with Gasteiger partial charge in [0.25, 0.3) is 5.91 Å². The number of rotatable bonds is 3. The third-order valence-electron chi connectivity index (χ3n) is 4.21. The first-order valence-electron chi connectivity index (χ1n) is 7.66. The molecule has 1 amide bonds. The number of benzene rings is 1. The second-order valence-electron chi connectivity index (χ2n) is 5.69. The third-order valence-corrected chi connectivity index (χ3v) is 4.99. The Bertz CT molecular complexity index is 669. The lowest BCUT2D eigenvalue weighted by Crippen LogP contribution is -2.43. The highest BCUT2D eigenvalue weighted by molar-refractivity contribution is 7.09. The van der Waals surface area contributed by atoms with Gasteiger partial charge in [0.05, 0.1) is 10.7 Å². The van der Waals surface area contributed by atoms with E-state index in [0.29, 0.717) is 6.04 Å². The third kappa shape index (κ3) is 4.70. The maximum atomic E-state index is 12.7. The number of amides is 1. The minimum Gasteiger partial charge on any atom is -0.339 e. The van der Waals surface area contributed by atoms with E-state index in [0.717, 1.165) is 47.8 Å². The number of aromatic nitrogens is 1. The van der Waals surface area contributed by atoms with Crippen LogP contribution in [0.4, 0.5) is 0 Å².